The molecule has 1 aliphatic rings. The van der Waals surface area contributed by atoms with Crippen molar-refractivity contribution in [3.05, 3.63) is 65.5 Å². The summed E-state index contributed by atoms with van der Waals surface area (Å²) in [7, 11) is 0. The first kappa shape index (κ1) is 18.1. The van der Waals surface area contributed by atoms with E-state index in [2.05, 4.69) is 15.6 Å². The number of hydrogen-bond acceptors (Lipinski definition) is 3. The standard InChI is InChI=1S/C21H25N3O2/c1-15(16-8-4-2-5-9-16)23-20(25)17-12-18(14-22-13-17)21(26)24-19-10-6-3-7-11-19/h2,4-5,8-9,12-15,19H,3,6-7,10-11H2,1H3,(H,23,25)(H,24,26). The lowest BCUT2D eigenvalue weighted by Crippen LogP contribution is -2.36. The molecule has 1 heterocycles. The Kier molecular flexibility index (Phi) is 6.00. The molecule has 0 radical (unpaired) electrons. The molecule has 3 rings (SSSR count). The van der Waals surface area contributed by atoms with Crippen molar-refractivity contribution in [1.82, 2.24) is 15.6 Å². The highest BCUT2D eigenvalue weighted by Gasteiger charge is 2.18. The molecule has 1 aliphatic carbocycles. The first-order valence-electron chi connectivity index (χ1n) is 9.25. The van der Waals surface area contributed by atoms with Gasteiger partial charge in [0.1, 0.15) is 0 Å². The largest absolute Gasteiger partial charge is 0.349 e. The number of hydrogen-bond donors (Lipinski definition) is 2. The quantitative estimate of drug-likeness (QED) is 0.864. The third-order valence-corrected chi connectivity index (χ3v) is 4.85. The second-order valence-electron chi connectivity index (χ2n) is 6.88. The summed E-state index contributed by atoms with van der Waals surface area (Å²) in [6, 6.07) is 11.5. The fourth-order valence-electron chi connectivity index (χ4n) is 3.31. The summed E-state index contributed by atoms with van der Waals surface area (Å²) in [6.07, 6.45) is 8.59. The van der Waals surface area contributed by atoms with Crippen molar-refractivity contribution in [2.24, 2.45) is 0 Å². The highest BCUT2D eigenvalue weighted by molar-refractivity contribution is 5.99. The maximum absolute atomic E-state index is 12.5. The SMILES string of the molecule is CC(NC(=O)c1cncc(C(=O)NC2CCCCC2)c1)c1ccccc1. The first-order chi connectivity index (χ1) is 12.6. The summed E-state index contributed by atoms with van der Waals surface area (Å²) in [5, 5.41) is 6.01. The van der Waals surface area contributed by atoms with Gasteiger partial charge >= 0.3 is 0 Å². The number of rotatable bonds is 5. The number of carbonyl (C=O) groups is 2. The lowest BCUT2D eigenvalue weighted by atomic mass is 9.95. The van der Waals surface area contributed by atoms with Crippen LogP contribution in [0.2, 0.25) is 0 Å². The van der Waals surface area contributed by atoms with Crippen LogP contribution in [0.5, 0.6) is 0 Å². The molecule has 1 saturated carbocycles. The van der Waals surface area contributed by atoms with Crippen molar-refractivity contribution < 1.29 is 9.59 Å². The van der Waals surface area contributed by atoms with Crippen LogP contribution in [-0.4, -0.2) is 22.8 Å². The summed E-state index contributed by atoms with van der Waals surface area (Å²) in [5.41, 5.74) is 1.85. The van der Waals surface area contributed by atoms with Crippen molar-refractivity contribution in [1.29, 1.82) is 0 Å². The van der Waals surface area contributed by atoms with Gasteiger partial charge in [-0.3, -0.25) is 14.6 Å². The number of nitrogens with zero attached hydrogens (tertiary/aromatic N) is 1. The lowest BCUT2D eigenvalue weighted by molar-refractivity contribution is 0.0927. The van der Waals surface area contributed by atoms with Gasteiger partial charge in [0.2, 0.25) is 0 Å². The first-order valence-corrected chi connectivity index (χ1v) is 9.25. The highest BCUT2D eigenvalue weighted by atomic mass is 16.2. The zero-order valence-electron chi connectivity index (χ0n) is 15.1. The predicted molar refractivity (Wildman–Crippen MR) is 101 cm³/mol. The molecule has 1 unspecified atom stereocenters. The Morgan fingerprint density at radius 2 is 1.65 bits per heavy atom. The van der Waals surface area contributed by atoms with Gasteiger partial charge in [-0.05, 0) is 31.4 Å². The summed E-state index contributed by atoms with van der Waals surface area (Å²) < 4.78 is 0. The van der Waals surface area contributed by atoms with Gasteiger partial charge < -0.3 is 10.6 Å². The molecule has 2 amide bonds. The van der Waals surface area contributed by atoms with Crippen LogP contribution >= 0.6 is 0 Å². The van der Waals surface area contributed by atoms with Gasteiger partial charge in [-0.1, -0.05) is 49.6 Å². The number of nitrogens with one attached hydrogen (secondary N) is 2. The Balaban J connectivity index is 1.64. The van der Waals surface area contributed by atoms with Gasteiger partial charge in [-0.25, -0.2) is 0 Å². The third-order valence-electron chi connectivity index (χ3n) is 4.85. The van der Waals surface area contributed by atoms with Gasteiger partial charge in [0, 0.05) is 18.4 Å². The minimum atomic E-state index is -0.235. The molecular weight excluding hydrogens is 326 g/mol. The molecule has 1 fully saturated rings. The average molecular weight is 351 g/mol. The van der Waals surface area contributed by atoms with E-state index < -0.39 is 0 Å². The molecule has 1 aromatic heterocycles. The average Bonchev–Trinajstić information content (AvgIpc) is 2.69. The smallest absolute Gasteiger partial charge is 0.253 e. The van der Waals surface area contributed by atoms with Crippen LogP contribution < -0.4 is 10.6 Å². The maximum Gasteiger partial charge on any atom is 0.253 e. The van der Waals surface area contributed by atoms with E-state index in [9.17, 15) is 9.59 Å². The topological polar surface area (TPSA) is 71.1 Å². The molecule has 0 spiro atoms. The van der Waals surface area contributed by atoms with E-state index in [4.69, 9.17) is 0 Å². The molecule has 26 heavy (non-hydrogen) atoms. The van der Waals surface area contributed by atoms with Crippen LogP contribution in [0.1, 0.15) is 71.3 Å². The summed E-state index contributed by atoms with van der Waals surface area (Å²) in [5.74, 6) is -0.392. The van der Waals surface area contributed by atoms with Crippen molar-refractivity contribution in [3.63, 3.8) is 0 Å². The zero-order chi connectivity index (χ0) is 18.4. The molecule has 5 heteroatoms. The predicted octanol–water partition coefficient (Wildman–Crippen LogP) is 3.64. The van der Waals surface area contributed by atoms with Crippen molar-refractivity contribution in [3.8, 4) is 0 Å². The van der Waals surface area contributed by atoms with Crippen molar-refractivity contribution in [2.45, 2.75) is 51.1 Å². The normalized spacial score (nSPS) is 15.9. The minimum absolute atomic E-state index is 0.122. The summed E-state index contributed by atoms with van der Waals surface area (Å²) in [4.78, 5) is 29.0. The number of aromatic nitrogens is 1. The zero-order valence-corrected chi connectivity index (χ0v) is 15.1. The molecule has 0 saturated heterocycles. The fourth-order valence-corrected chi connectivity index (χ4v) is 3.31. The Morgan fingerprint density at radius 1 is 1.00 bits per heavy atom. The third kappa shape index (κ3) is 4.69. The monoisotopic (exact) mass is 351 g/mol. The van der Waals surface area contributed by atoms with Gasteiger partial charge in [0.15, 0.2) is 0 Å². The second kappa shape index (κ2) is 8.61. The van der Waals surface area contributed by atoms with Crippen LogP contribution in [0, 0.1) is 0 Å². The number of benzene rings is 1. The Bertz CT molecular complexity index is 755. The minimum Gasteiger partial charge on any atom is -0.349 e. The molecule has 0 bridgehead atoms. The van der Waals surface area contributed by atoms with E-state index in [1.165, 1.54) is 18.8 Å². The lowest BCUT2D eigenvalue weighted by Gasteiger charge is -2.22. The number of amides is 2. The molecule has 0 aliphatic heterocycles. The fraction of sp³-hybridized carbons (Fsp3) is 0.381. The van der Waals surface area contributed by atoms with Crippen LogP contribution in [0.25, 0.3) is 0 Å². The maximum atomic E-state index is 12.5. The van der Waals surface area contributed by atoms with Crippen LogP contribution in [-0.2, 0) is 0 Å². The van der Waals surface area contributed by atoms with Gasteiger partial charge in [-0.15, -0.1) is 0 Å². The molecule has 2 N–H and O–H groups in total. The Morgan fingerprint density at radius 3 is 2.35 bits per heavy atom. The van der Waals surface area contributed by atoms with Crippen LogP contribution in [0.15, 0.2) is 48.8 Å². The number of pyridine rings is 1. The van der Waals surface area contributed by atoms with E-state index in [0.29, 0.717) is 11.1 Å². The highest BCUT2D eigenvalue weighted by Crippen LogP contribution is 2.18. The van der Waals surface area contributed by atoms with Crippen molar-refractivity contribution >= 4 is 11.8 Å². The van der Waals surface area contributed by atoms with Gasteiger partial charge in [-0.2, -0.15) is 0 Å². The molecule has 2 aromatic rings. The summed E-state index contributed by atoms with van der Waals surface area (Å²) in [6.45, 7) is 1.93. The molecule has 1 atom stereocenters. The van der Waals surface area contributed by atoms with Crippen LogP contribution in [0.4, 0.5) is 0 Å². The van der Waals surface area contributed by atoms with Gasteiger partial charge in [0.05, 0.1) is 17.2 Å². The van der Waals surface area contributed by atoms with Gasteiger partial charge in [0.25, 0.3) is 11.8 Å². The molecule has 1 aromatic carbocycles. The second-order valence-corrected chi connectivity index (χ2v) is 6.88. The van der Waals surface area contributed by atoms with Crippen molar-refractivity contribution in [2.75, 3.05) is 0 Å². The molecule has 136 valence electrons. The van der Waals surface area contributed by atoms with E-state index in [1.54, 1.807) is 6.07 Å². The Hall–Kier alpha value is -2.69. The molecule has 5 nitrogen and oxygen atoms in total. The Labute approximate surface area is 154 Å². The van der Waals surface area contributed by atoms with E-state index in [1.807, 2.05) is 37.3 Å². The van der Waals surface area contributed by atoms with E-state index in [0.717, 1.165) is 31.2 Å². The number of carbonyl (C=O) groups excluding carboxylic acids is 2. The van der Waals surface area contributed by atoms with Crippen LogP contribution in [0.3, 0.4) is 0 Å². The van der Waals surface area contributed by atoms with E-state index in [-0.39, 0.29) is 23.9 Å². The van der Waals surface area contributed by atoms with E-state index >= 15 is 0 Å². The molecular formula is C21H25N3O2. The summed E-state index contributed by atoms with van der Waals surface area (Å²) >= 11 is 0.